The number of hydrogen-bond acceptors (Lipinski definition) is 3. The first-order valence-electron chi connectivity index (χ1n) is 5.88. The summed E-state index contributed by atoms with van der Waals surface area (Å²) in [5, 5.41) is 0. The molecule has 2 N–H and O–H groups in total. The molecule has 0 unspecified atom stereocenters. The third-order valence-corrected chi connectivity index (χ3v) is 3.90. The zero-order valence-electron chi connectivity index (χ0n) is 9.48. The van der Waals surface area contributed by atoms with Gasteiger partial charge < -0.3 is 15.5 Å². The third kappa shape index (κ3) is 2.49. The summed E-state index contributed by atoms with van der Waals surface area (Å²) in [6.45, 7) is 4.49. The number of likely N-dealkylation sites (N-methyl/N-ethyl adjacent to an activating group) is 1. The SMILES string of the molecule is CN1CC[C@H]1CN1CCC(C(N)=O)CC1. The average Bonchev–Trinajstić information content (AvgIpc) is 2.24. The molecule has 2 aliphatic heterocycles. The Kier molecular flexibility index (Phi) is 3.26. The van der Waals surface area contributed by atoms with Crippen molar-refractivity contribution in [1.29, 1.82) is 0 Å². The van der Waals surface area contributed by atoms with Gasteiger partial charge in [0.1, 0.15) is 0 Å². The molecule has 0 spiro atoms. The standard InChI is InChI=1S/C11H21N3O/c1-13-5-4-10(13)8-14-6-2-9(3-7-14)11(12)15/h9-10H,2-8H2,1H3,(H2,12,15)/t10-/m0/s1. The number of piperidine rings is 1. The first kappa shape index (κ1) is 10.9. The Hall–Kier alpha value is -0.610. The van der Waals surface area contributed by atoms with E-state index in [0.717, 1.165) is 32.0 Å². The molecule has 86 valence electrons. The van der Waals surface area contributed by atoms with E-state index in [0.29, 0.717) is 0 Å². The number of nitrogens with two attached hydrogens (primary N) is 1. The lowest BCUT2D eigenvalue weighted by molar-refractivity contribution is -0.123. The predicted octanol–water partition coefficient (Wildman–Crippen LogP) is -0.112. The van der Waals surface area contributed by atoms with Crippen LogP contribution in [0.4, 0.5) is 0 Å². The number of rotatable bonds is 3. The van der Waals surface area contributed by atoms with Gasteiger partial charge in [0.15, 0.2) is 0 Å². The number of carbonyl (C=O) groups is 1. The molecule has 0 aromatic carbocycles. The fourth-order valence-corrected chi connectivity index (χ4v) is 2.50. The van der Waals surface area contributed by atoms with Crippen LogP contribution in [0.2, 0.25) is 0 Å². The van der Waals surface area contributed by atoms with Crippen LogP contribution in [0.5, 0.6) is 0 Å². The Bertz CT molecular complexity index is 236. The minimum atomic E-state index is -0.115. The fraction of sp³-hybridized carbons (Fsp3) is 0.909. The number of primary amides is 1. The van der Waals surface area contributed by atoms with Crippen molar-refractivity contribution in [3.8, 4) is 0 Å². The molecule has 1 amide bonds. The molecule has 4 heteroatoms. The van der Waals surface area contributed by atoms with Crippen LogP contribution >= 0.6 is 0 Å². The largest absolute Gasteiger partial charge is 0.369 e. The maximum atomic E-state index is 11.0. The maximum Gasteiger partial charge on any atom is 0.220 e. The Morgan fingerprint density at radius 2 is 1.93 bits per heavy atom. The van der Waals surface area contributed by atoms with Crippen LogP contribution in [0.3, 0.4) is 0 Å². The molecule has 1 atom stereocenters. The van der Waals surface area contributed by atoms with Crippen molar-refractivity contribution in [1.82, 2.24) is 9.80 Å². The Labute approximate surface area is 91.4 Å². The number of likely N-dealkylation sites (tertiary alicyclic amines) is 2. The van der Waals surface area contributed by atoms with Crippen LogP contribution in [0.25, 0.3) is 0 Å². The highest BCUT2D eigenvalue weighted by Crippen LogP contribution is 2.20. The van der Waals surface area contributed by atoms with Gasteiger partial charge in [0.05, 0.1) is 0 Å². The van der Waals surface area contributed by atoms with E-state index >= 15 is 0 Å². The molecule has 0 radical (unpaired) electrons. The van der Waals surface area contributed by atoms with Gasteiger partial charge in [-0.1, -0.05) is 0 Å². The number of carbonyl (C=O) groups excluding carboxylic acids is 1. The van der Waals surface area contributed by atoms with E-state index in [1.165, 1.54) is 19.5 Å². The molecular weight excluding hydrogens is 190 g/mol. The first-order valence-corrected chi connectivity index (χ1v) is 5.88. The van der Waals surface area contributed by atoms with Crippen LogP contribution in [-0.4, -0.2) is 55.0 Å². The van der Waals surface area contributed by atoms with Gasteiger partial charge in [0.2, 0.25) is 5.91 Å². The van der Waals surface area contributed by atoms with Crippen molar-refractivity contribution in [2.24, 2.45) is 11.7 Å². The van der Waals surface area contributed by atoms with Crippen LogP contribution in [-0.2, 0) is 4.79 Å². The van der Waals surface area contributed by atoms with Crippen molar-refractivity contribution >= 4 is 5.91 Å². The normalized spacial score (nSPS) is 30.1. The quantitative estimate of drug-likeness (QED) is 0.708. The molecule has 2 rings (SSSR count). The predicted molar refractivity (Wildman–Crippen MR) is 59.4 cm³/mol. The molecule has 2 saturated heterocycles. The topological polar surface area (TPSA) is 49.6 Å². The van der Waals surface area contributed by atoms with Gasteiger partial charge in [0.25, 0.3) is 0 Å². The third-order valence-electron chi connectivity index (χ3n) is 3.90. The van der Waals surface area contributed by atoms with Gasteiger partial charge in [-0.2, -0.15) is 0 Å². The van der Waals surface area contributed by atoms with Crippen LogP contribution in [0, 0.1) is 5.92 Å². The summed E-state index contributed by atoms with van der Waals surface area (Å²) >= 11 is 0. The minimum absolute atomic E-state index is 0.115. The van der Waals surface area contributed by atoms with Gasteiger partial charge in [-0.15, -0.1) is 0 Å². The molecule has 4 nitrogen and oxygen atoms in total. The fourth-order valence-electron chi connectivity index (χ4n) is 2.50. The summed E-state index contributed by atoms with van der Waals surface area (Å²) in [4.78, 5) is 15.9. The number of nitrogens with zero attached hydrogens (tertiary/aromatic N) is 2. The molecular formula is C11H21N3O. The van der Waals surface area contributed by atoms with Crippen molar-refractivity contribution in [2.75, 3.05) is 33.2 Å². The maximum absolute atomic E-state index is 11.0. The molecule has 0 saturated carbocycles. The van der Waals surface area contributed by atoms with Gasteiger partial charge in [-0.25, -0.2) is 0 Å². The highest BCUT2D eigenvalue weighted by molar-refractivity contribution is 5.76. The number of amides is 1. The molecule has 2 aliphatic rings. The second-order valence-electron chi connectivity index (χ2n) is 4.90. The molecule has 0 aromatic rings. The van der Waals surface area contributed by atoms with Gasteiger partial charge in [-0.3, -0.25) is 4.79 Å². The molecule has 0 bridgehead atoms. The Balaban J connectivity index is 1.71. The van der Waals surface area contributed by atoms with Crippen molar-refractivity contribution in [3.05, 3.63) is 0 Å². The molecule has 2 heterocycles. The molecule has 0 aromatic heterocycles. The summed E-state index contributed by atoms with van der Waals surface area (Å²) in [6.07, 6.45) is 3.23. The van der Waals surface area contributed by atoms with E-state index in [1.807, 2.05) is 0 Å². The second kappa shape index (κ2) is 4.49. The van der Waals surface area contributed by atoms with Gasteiger partial charge in [0, 0.05) is 18.5 Å². The van der Waals surface area contributed by atoms with Crippen LogP contribution in [0.15, 0.2) is 0 Å². The first-order chi connectivity index (χ1) is 7.16. The average molecular weight is 211 g/mol. The van der Waals surface area contributed by atoms with E-state index in [4.69, 9.17) is 5.73 Å². The van der Waals surface area contributed by atoms with Crippen molar-refractivity contribution in [3.63, 3.8) is 0 Å². The van der Waals surface area contributed by atoms with Crippen molar-refractivity contribution < 1.29 is 4.79 Å². The summed E-state index contributed by atoms with van der Waals surface area (Å²) < 4.78 is 0. The summed E-state index contributed by atoms with van der Waals surface area (Å²) in [6, 6.07) is 0.745. The van der Waals surface area contributed by atoms with E-state index in [1.54, 1.807) is 0 Å². The lowest BCUT2D eigenvalue weighted by Gasteiger charge is -2.42. The number of hydrogen-bond donors (Lipinski definition) is 1. The van der Waals surface area contributed by atoms with E-state index < -0.39 is 0 Å². The van der Waals surface area contributed by atoms with Gasteiger partial charge in [-0.05, 0) is 45.9 Å². The van der Waals surface area contributed by atoms with E-state index in [9.17, 15) is 4.79 Å². The smallest absolute Gasteiger partial charge is 0.220 e. The minimum Gasteiger partial charge on any atom is -0.369 e. The Morgan fingerprint density at radius 3 is 2.33 bits per heavy atom. The lowest BCUT2D eigenvalue weighted by Crippen LogP contribution is -2.52. The highest BCUT2D eigenvalue weighted by atomic mass is 16.1. The van der Waals surface area contributed by atoms with Gasteiger partial charge >= 0.3 is 0 Å². The molecule has 15 heavy (non-hydrogen) atoms. The van der Waals surface area contributed by atoms with Crippen LogP contribution in [0.1, 0.15) is 19.3 Å². The highest BCUT2D eigenvalue weighted by Gasteiger charge is 2.29. The van der Waals surface area contributed by atoms with E-state index in [2.05, 4.69) is 16.8 Å². The lowest BCUT2D eigenvalue weighted by atomic mass is 9.95. The zero-order chi connectivity index (χ0) is 10.8. The van der Waals surface area contributed by atoms with Crippen molar-refractivity contribution in [2.45, 2.75) is 25.3 Å². The molecule has 2 fully saturated rings. The van der Waals surface area contributed by atoms with Crippen LogP contribution < -0.4 is 5.73 Å². The monoisotopic (exact) mass is 211 g/mol. The zero-order valence-corrected chi connectivity index (χ0v) is 9.48. The summed E-state index contributed by atoms with van der Waals surface area (Å²) in [5.41, 5.74) is 5.31. The summed E-state index contributed by atoms with van der Waals surface area (Å²) in [5.74, 6) is 0.00998. The molecule has 0 aliphatic carbocycles. The summed E-state index contributed by atoms with van der Waals surface area (Å²) in [7, 11) is 2.18. The Morgan fingerprint density at radius 1 is 1.27 bits per heavy atom. The second-order valence-corrected chi connectivity index (χ2v) is 4.90. The van der Waals surface area contributed by atoms with E-state index in [-0.39, 0.29) is 11.8 Å².